The number of aromatic nitrogens is 1. The second-order valence-electron chi connectivity index (χ2n) is 4.74. The van der Waals surface area contributed by atoms with Gasteiger partial charge in [0, 0.05) is 11.6 Å². The zero-order valence-corrected chi connectivity index (χ0v) is 13.2. The van der Waals surface area contributed by atoms with Crippen LogP contribution in [0.4, 0.5) is 0 Å². The van der Waals surface area contributed by atoms with Gasteiger partial charge in [-0.1, -0.05) is 23.4 Å². The molecular formula is C14H18N2O4S. The van der Waals surface area contributed by atoms with Gasteiger partial charge in [-0.3, -0.25) is 0 Å². The van der Waals surface area contributed by atoms with Gasteiger partial charge >= 0.3 is 0 Å². The summed E-state index contributed by atoms with van der Waals surface area (Å²) in [6.07, 6.45) is 0. The Labute approximate surface area is 124 Å². The van der Waals surface area contributed by atoms with E-state index in [1.54, 1.807) is 33.9 Å². The third-order valence-corrected chi connectivity index (χ3v) is 4.96. The van der Waals surface area contributed by atoms with E-state index >= 15 is 0 Å². The molecule has 0 aliphatic heterocycles. The summed E-state index contributed by atoms with van der Waals surface area (Å²) in [4.78, 5) is 0.0873. The molecule has 0 amide bonds. The molecule has 0 spiro atoms. The number of sulfonamides is 1. The number of methoxy groups -OCH3 is 1. The van der Waals surface area contributed by atoms with Crippen molar-refractivity contribution < 1.29 is 17.7 Å². The van der Waals surface area contributed by atoms with Crippen LogP contribution in [0.3, 0.4) is 0 Å². The van der Waals surface area contributed by atoms with E-state index in [4.69, 9.17) is 9.26 Å². The van der Waals surface area contributed by atoms with E-state index in [1.807, 2.05) is 18.2 Å². The monoisotopic (exact) mass is 310 g/mol. The molecule has 0 aliphatic carbocycles. The van der Waals surface area contributed by atoms with Gasteiger partial charge in [-0.25, -0.2) is 13.1 Å². The second kappa shape index (κ2) is 5.87. The zero-order chi connectivity index (χ0) is 15.6. The van der Waals surface area contributed by atoms with E-state index in [0.717, 1.165) is 5.56 Å². The van der Waals surface area contributed by atoms with E-state index < -0.39 is 16.1 Å². The molecular weight excluding hydrogens is 292 g/mol. The number of ether oxygens (including phenoxy) is 1. The molecule has 0 saturated heterocycles. The van der Waals surface area contributed by atoms with E-state index in [0.29, 0.717) is 11.4 Å². The highest BCUT2D eigenvalue weighted by Crippen LogP contribution is 2.27. The van der Waals surface area contributed by atoms with Crippen molar-refractivity contribution in [1.29, 1.82) is 0 Å². The Morgan fingerprint density at radius 2 is 1.95 bits per heavy atom. The average Bonchev–Trinajstić information content (AvgIpc) is 2.78. The average molecular weight is 310 g/mol. The molecule has 7 heteroatoms. The van der Waals surface area contributed by atoms with E-state index in [-0.39, 0.29) is 10.7 Å². The van der Waals surface area contributed by atoms with Crippen molar-refractivity contribution >= 4 is 10.0 Å². The summed E-state index contributed by atoms with van der Waals surface area (Å²) >= 11 is 0. The van der Waals surface area contributed by atoms with Crippen LogP contribution in [0.5, 0.6) is 5.75 Å². The normalized spacial score (nSPS) is 13.1. The molecule has 0 unspecified atom stereocenters. The lowest BCUT2D eigenvalue weighted by Crippen LogP contribution is -2.28. The molecule has 0 fully saturated rings. The van der Waals surface area contributed by atoms with Gasteiger partial charge in [0.2, 0.25) is 10.0 Å². The molecule has 1 heterocycles. The maximum atomic E-state index is 12.5. The Morgan fingerprint density at radius 1 is 1.29 bits per heavy atom. The lowest BCUT2D eigenvalue weighted by Gasteiger charge is -2.17. The molecule has 1 atom stereocenters. The van der Waals surface area contributed by atoms with Crippen LogP contribution >= 0.6 is 0 Å². The number of para-hydroxylation sites is 1. The summed E-state index contributed by atoms with van der Waals surface area (Å²) in [5, 5.41) is 3.68. The Morgan fingerprint density at radius 3 is 2.52 bits per heavy atom. The topological polar surface area (TPSA) is 81.4 Å². The van der Waals surface area contributed by atoms with Crippen LogP contribution in [-0.4, -0.2) is 20.7 Å². The number of rotatable bonds is 5. The molecule has 1 aromatic heterocycles. The fourth-order valence-corrected chi connectivity index (χ4v) is 3.79. The minimum atomic E-state index is -3.71. The summed E-state index contributed by atoms with van der Waals surface area (Å²) in [5.41, 5.74) is 1.10. The van der Waals surface area contributed by atoms with E-state index in [1.165, 1.54) is 0 Å². The molecule has 2 aromatic rings. The van der Waals surface area contributed by atoms with E-state index in [9.17, 15) is 8.42 Å². The number of nitrogens with one attached hydrogen (secondary N) is 1. The van der Waals surface area contributed by atoms with Gasteiger partial charge in [0.25, 0.3) is 0 Å². The predicted molar refractivity (Wildman–Crippen MR) is 77.7 cm³/mol. The SMILES string of the molecule is COc1ccccc1[C@@H](C)NS(=O)(=O)c1c(C)noc1C. The summed E-state index contributed by atoms with van der Waals surface area (Å²) in [6, 6.07) is 6.83. The largest absolute Gasteiger partial charge is 0.496 e. The van der Waals surface area contributed by atoms with Crippen molar-refractivity contribution in [3.8, 4) is 5.75 Å². The first kappa shape index (κ1) is 15.5. The van der Waals surface area contributed by atoms with Crippen molar-refractivity contribution in [2.24, 2.45) is 0 Å². The smallest absolute Gasteiger partial charge is 0.246 e. The van der Waals surface area contributed by atoms with Gasteiger partial charge in [-0.15, -0.1) is 0 Å². The van der Waals surface area contributed by atoms with Crippen LogP contribution in [0.1, 0.15) is 30.0 Å². The van der Waals surface area contributed by atoms with Crippen LogP contribution in [0.15, 0.2) is 33.7 Å². The van der Waals surface area contributed by atoms with Crippen LogP contribution in [0.25, 0.3) is 0 Å². The predicted octanol–water partition coefficient (Wildman–Crippen LogP) is 2.34. The fourth-order valence-electron chi connectivity index (χ4n) is 2.24. The maximum absolute atomic E-state index is 12.5. The van der Waals surface area contributed by atoms with Gasteiger partial charge in [-0.05, 0) is 26.8 Å². The highest BCUT2D eigenvalue weighted by atomic mass is 32.2. The molecule has 0 saturated carbocycles. The van der Waals surface area contributed by atoms with E-state index in [2.05, 4.69) is 9.88 Å². The standard InChI is InChI=1S/C14H18N2O4S/c1-9(12-7-5-6-8-13(12)19-4)16-21(17,18)14-10(2)15-20-11(14)3/h5-9,16H,1-4H3/t9-/m1/s1. The van der Waals surface area contributed by atoms with Crippen LogP contribution in [0, 0.1) is 13.8 Å². The molecule has 114 valence electrons. The van der Waals surface area contributed by atoms with Gasteiger partial charge in [0.1, 0.15) is 16.3 Å². The highest BCUT2D eigenvalue weighted by Gasteiger charge is 2.26. The van der Waals surface area contributed by atoms with Crippen molar-refractivity contribution in [3.63, 3.8) is 0 Å². The quantitative estimate of drug-likeness (QED) is 0.916. The first-order valence-corrected chi connectivity index (χ1v) is 7.93. The Bertz CT molecular complexity index is 718. The van der Waals surface area contributed by atoms with Crippen LogP contribution in [-0.2, 0) is 10.0 Å². The molecule has 6 nitrogen and oxygen atoms in total. The first-order chi connectivity index (χ1) is 9.86. The zero-order valence-electron chi connectivity index (χ0n) is 12.4. The summed E-state index contributed by atoms with van der Waals surface area (Å²) in [7, 11) is -2.16. The maximum Gasteiger partial charge on any atom is 0.246 e. The van der Waals surface area contributed by atoms with Crippen molar-refractivity contribution in [3.05, 3.63) is 41.3 Å². The molecule has 0 radical (unpaired) electrons. The van der Waals surface area contributed by atoms with Gasteiger partial charge in [0.15, 0.2) is 5.76 Å². The van der Waals surface area contributed by atoms with Gasteiger partial charge < -0.3 is 9.26 Å². The number of aryl methyl sites for hydroxylation is 2. The molecule has 0 bridgehead atoms. The lowest BCUT2D eigenvalue weighted by atomic mass is 10.1. The van der Waals surface area contributed by atoms with Crippen molar-refractivity contribution in [2.75, 3.05) is 7.11 Å². The Hall–Kier alpha value is -1.86. The Balaban J connectivity index is 2.33. The summed E-state index contributed by atoms with van der Waals surface area (Å²) in [5.74, 6) is 0.902. The number of hydrogen-bond acceptors (Lipinski definition) is 5. The molecule has 1 N–H and O–H groups in total. The third kappa shape index (κ3) is 3.08. The third-order valence-electron chi connectivity index (χ3n) is 3.17. The number of hydrogen-bond donors (Lipinski definition) is 1. The van der Waals surface area contributed by atoms with Gasteiger partial charge in [-0.2, -0.15) is 0 Å². The van der Waals surface area contributed by atoms with Gasteiger partial charge in [0.05, 0.1) is 7.11 Å². The van der Waals surface area contributed by atoms with Crippen molar-refractivity contribution in [1.82, 2.24) is 9.88 Å². The minimum Gasteiger partial charge on any atom is -0.496 e. The summed E-state index contributed by atoms with van der Waals surface area (Å²) < 4.78 is 37.7. The van der Waals surface area contributed by atoms with Crippen LogP contribution < -0.4 is 9.46 Å². The van der Waals surface area contributed by atoms with Crippen molar-refractivity contribution in [2.45, 2.75) is 31.7 Å². The molecule has 1 aromatic carbocycles. The second-order valence-corrected chi connectivity index (χ2v) is 6.39. The number of nitrogens with zero attached hydrogens (tertiary/aromatic N) is 1. The molecule has 0 aliphatic rings. The van der Waals surface area contributed by atoms with Crippen LogP contribution in [0.2, 0.25) is 0 Å². The lowest BCUT2D eigenvalue weighted by molar-refractivity contribution is 0.390. The minimum absolute atomic E-state index is 0.0873. The highest BCUT2D eigenvalue weighted by molar-refractivity contribution is 7.89. The molecule has 2 rings (SSSR count). The Kier molecular flexibility index (Phi) is 4.34. The first-order valence-electron chi connectivity index (χ1n) is 6.45. The number of benzene rings is 1. The fraction of sp³-hybridized carbons (Fsp3) is 0.357. The molecule has 21 heavy (non-hydrogen) atoms. The summed E-state index contributed by atoms with van der Waals surface area (Å²) in [6.45, 7) is 4.93.